The van der Waals surface area contributed by atoms with E-state index in [2.05, 4.69) is 20.9 Å². The minimum Gasteiger partial charge on any atom is -0.291 e. The third-order valence-electron chi connectivity index (χ3n) is 2.90. The van der Waals surface area contributed by atoms with Crippen LogP contribution in [0.1, 0.15) is 0 Å². The maximum Gasteiger partial charge on any atom is 0.147 e. The highest BCUT2D eigenvalue weighted by molar-refractivity contribution is 9.10. The molecule has 5 heteroatoms. The first-order valence-electron chi connectivity index (χ1n) is 5.63. The zero-order chi connectivity index (χ0) is 13.4. The van der Waals surface area contributed by atoms with Crippen LogP contribution in [0.25, 0.3) is 22.4 Å². The quantitative estimate of drug-likeness (QED) is 0.562. The van der Waals surface area contributed by atoms with Crippen molar-refractivity contribution < 1.29 is 4.39 Å². The van der Waals surface area contributed by atoms with Gasteiger partial charge in [0.15, 0.2) is 0 Å². The normalized spacial score (nSPS) is 10.8. The summed E-state index contributed by atoms with van der Waals surface area (Å²) in [4.78, 5) is 4.50. The van der Waals surface area contributed by atoms with Gasteiger partial charge in [-0.3, -0.25) is 9.98 Å². The molecule has 2 aromatic carbocycles. The summed E-state index contributed by atoms with van der Waals surface area (Å²) in [7, 11) is 0. The Balaban J connectivity index is 2.33. The second-order valence-corrected chi connectivity index (χ2v) is 4.90. The Morgan fingerprint density at radius 2 is 2.00 bits per heavy atom. The molecule has 3 rings (SSSR count). The minimum absolute atomic E-state index is 0.312. The van der Waals surface area contributed by atoms with Crippen molar-refractivity contribution >= 4 is 33.3 Å². The first-order valence-corrected chi connectivity index (χ1v) is 6.43. The van der Waals surface area contributed by atoms with Crippen LogP contribution in [-0.2, 0) is 0 Å². The smallest absolute Gasteiger partial charge is 0.147 e. The Hall–Kier alpha value is -2.01. The van der Waals surface area contributed by atoms with Crippen molar-refractivity contribution in [3.8, 4) is 11.4 Å². The highest BCUT2D eigenvalue weighted by Crippen LogP contribution is 2.30. The van der Waals surface area contributed by atoms with Crippen molar-refractivity contribution in [1.82, 2.24) is 9.55 Å². The van der Waals surface area contributed by atoms with Gasteiger partial charge in [-0.2, -0.15) is 0 Å². The molecule has 0 aliphatic heterocycles. The highest BCUT2D eigenvalue weighted by Gasteiger charge is 2.13. The first kappa shape index (κ1) is 12.0. The number of nitrogens with one attached hydrogen (secondary N) is 1. The molecule has 1 N–H and O–H groups in total. The van der Waals surface area contributed by atoms with E-state index in [1.165, 1.54) is 18.5 Å². The fraction of sp³-hybridized carbons (Fsp3) is 0. The molecule has 19 heavy (non-hydrogen) atoms. The number of fused-ring (bicyclic) bond motifs is 1. The molecule has 1 aromatic heterocycles. The van der Waals surface area contributed by atoms with E-state index in [0.717, 1.165) is 16.6 Å². The van der Waals surface area contributed by atoms with Gasteiger partial charge in [0.1, 0.15) is 11.6 Å². The summed E-state index contributed by atoms with van der Waals surface area (Å²) in [6.45, 7) is 0. The summed E-state index contributed by atoms with van der Waals surface area (Å²) in [5.41, 5.74) is 2.40. The molecule has 0 saturated carbocycles. The minimum atomic E-state index is -0.312. The lowest BCUT2D eigenvalue weighted by molar-refractivity contribution is 0.627. The van der Waals surface area contributed by atoms with E-state index in [9.17, 15) is 4.39 Å². The molecular formula is C14H9BrFN3. The number of imidazole rings is 1. The average Bonchev–Trinajstić information content (AvgIpc) is 2.76. The number of halogens is 2. The summed E-state index contributed by atoms with van der Waals surface area (Å²) >= 11 is 3.34. The van der Waals surface area contributed by atoms with Gasteiger partial charge in [0.05, 0.1) is 17.4 Å². The molecule has 0 atom stereocenters. The van der Waals surface area contributed by atoms with E-state index < -0.39 is 0 Å². The molecule has 0 aliphatic carbocycles. The van der Waals surface area contributed by atoms with Gasteiger partial charge in [0, 0.05) is 10.0 Å². The third-order valence-corrected chi connectivity index (χ3v) is 3.55. The lowest BCUT2D eigenvalue weighted by atomic mass is 10.2. The molecule has 0 aliphatic rings. The SMILES string of the molecule is N=Cn1c(-c2ccc(F)cc2Br)nc2ccccc21. The largest absolute Gasteiger partial charge is 0.291 e. The predicted octanol–water partition coefficient (Wildman–Crippen LogP) is 4.06. The van der Waals surface area contributed by atoms with Gasteiger partial charge in [0.25, 0.3) is 0 Å². The molecule has 0 bridgehead atoms. The molecule has 0 amide bonds. The molecule has 0 spiro atoms. The molecule has 0 fully saturated rings. The number of nitrogens with zero attached hydrogens (tertiary/aromatic N) is 2. The van der Waals surface area contributed by atoms with Crippen LogP contribution < -0.4 is 0 Å². The summed E-state index contributed by atoms with van der Waals surface area (Å²) in [5, 5.41) is 7.55. The maximum absolute atomic E-state index is 13.1. The summed E-state index contributed by atoms with van der Waals surface area (Å²) in [5.74, 6) is 0.302. The van der Waals surface area contributed by atoms with Crippen molar-refractivity contribution in [2.75, 3.05) is 0 Å². The van der Waals surface area contributed by atoms with Gasteiger partial charge in [-0.15, -0.1) is 0 Å². The van der Waals surface area contributed by atoms with E-state index in [1.54, 1.807) is 10.6 Å². The van der Waals surface area contributed by atoms with E-state index in [4.69, 9.17) is 5.41 Å². The topological polar surface area (TPSA) is 41.7 Å². The molecule has 3 nitrogen and oxygen atoms in total. The van der Waals surface area contributed by atoms with Gasteiger partial charge >= 0.3 is 0 Å². The molecular weight excluding hydrogens is 309 g/mol. The Kier molecular flexibility index (Phi) is 2.91. The zero-order valence-electron chi connectivity index (χ0n) is 9.77. The first-order chi connectivity index (χ1) is 9.20. The number of hydrogen-bond donors (Lipinski definition) is 1. The molecule has 3 aromatic rings. The number of aromatic nitrogens is 2. The standard InChI is InChI=1S/C14H9BrFN3/c15-11-7-9(16)5-6-10(11)14-18-12-3-1-2-4-13(12)19(14)8-17/h1-8,17H. The zero-order valence-corrected chi connectivity index (χ0v) is 11.4. The van der Waals surface area contributed by atoms with Crippen LogP contribution >= 0.6 is 15.9 Å². The second-order valence-electron chi connectivity index (χ2n) is 4.05. The van der Waals surface area contributed by atoms with Crippen molar-refractivity contribution in [3.05, 3.63) is 52.8 Å². The van der Waals surface area contributed by atoms with Gasteiger partial charge in [-0.1, -0.05) is 12.1 Å². The lowest BCUT2D eigenvalue weighted by Gasteiger charge is -2.05. The Morgan fingerprint density at radius 3 is 2.74 bits per heavy atom. The summed E-state index contributed by atoms with van der Waals surface area (Å²) < 4.78 is 15.4. The lowest BCUT2D eigenvalue weighted by Crippen LogP contribution is -1.98. The molecule has 0 radical (unpaired) electrons. The van der Waals surface area contributed by atoms with Crippen LogP contribution in [0.5, 0.6) is 0 Å². The fourth-order valence-electron chi connectivity index (χ4n) is 2.04. The van der Waals surface area contributed by atoms with E-state index in [0.29, 0.717) is 10.3 Å². The van der Waals surface area contributed by atoms with Crippen LogP contribution in [0.2, 0.25) is 0 Å². The van der Waals surface area contributed by atoms with E-state index >= 15 is 0 Å². The number of hydrogen-bond acceptors (Lipinski definition) is 2. The molecule has 0 unspecified atom stereocenters. The van der Waals surface area contributed by atoms with Crippen molar-refractivity contribution in [1.29, 1.82) is 5.41 Å². The number of rotatable bonds is 2. The molecule has 0 saturated heterocycles. The van der Waals surface area contributed by atoms with Gasteiger partial charge in [-0.25, -0.2) is 9.37 Å². The number of benzene rings is 2. The van der Waals surface area contributed by atoms with Crippen LogP contribution in [0.4, 0.5) is 4.39 Å². The Morgan fingerprint density at radius 1 is 1.21 bits per heavy atom. The maximum atomic E-state index is 13.1. The second kappa shape index (κ2) is 4.59. The summed E-state index contributed by atoms with van der Waals surface area (Å²) in [6, 6.07) is 12.0. The van der Waals surface area contributed by atoms with Crippen LogP contribution in [-0.4, -0.2) is 15.9 Å². The molecule has 1 heterocycles. The highest BCUT2D eigenvalue weighted by atomic mass is 79.9. The van der Waals surface area contributed by atoms with E-state index in [-0.39, 0.29) is 5.82 Å². The predicted molar refractivity (Wildman–Crippen MR) is 77.0 cm³/mol. The average molecular weight is 318 g/mol. The Bertz CT molecular complexity index is 779. The van der Waals surface area contributed by atoms with Crippen LogP contribution in [0.15, 0.2) is 46.9 Å². The van der Waals surface area contributed by atoms with Gasteiger partial charge < -0.3 is 0 Å². The van der Waals surface area contributed by atoms with Crippen LogP contribution in [0, 0.1) is 11.2 Å². The van der Waals surface area contributed by atoms with Gasteiger partial charge in [0.2, 0.25) is 0 Å². The van der Waals surface area contributed by atoms with Crippen molar-refractivity contribution in [2.24, 2.45) is 0 Å². The van der Waals surface area contributed by atoms with Gasteiger partial charge in [-0.05, 0) is 46.3 Å². The van der Waals surface area contributed by atoms with Crippen LogP contribution in [0.3, 0.4) is 0 Å². The summed E-state index contributed by atoms with van der Waals surface area (Å²) in [6.07, 6.45) is 1.21. The van der Waals surface area contributed by atoms with Crippen molar-refractivity contribution in [3.63, 3.8) is 0 Å². The molecule has 94 valence electrons. The number of para-hydroxylation sites is 2. The Labute approximate surface area is 117 Å². The third kappa shape index (κ3) is 1.96. The van der Waals surface area contributed by atoms with Crippen molar-refractivity contribution in [2.45, 2.75) is 0 Å². The fourth-order valence-corrected chi connectivity index (χ4v) is 2.56. The van der Waals surface area contributed by atoms with E-state index in [1.807, 2.05) is 24.3 Å². The monoisotopic (exact) mass is 317 g/mol.